The minimum Gasteiger partial charge on any atom is -0.544 e. The Morgan fingerprint density at radius 2 is 0.944 bits per heavy atom. The quantitative estimate of drug-likeness (QED) is 0.0264. The topological polar surface area (TPSA) is 102 Å². The van der Waals surface area contributed by atoms with Gasteiger partial charge in [0, 0.05) is 19.3 Å². The fourth-order valence-corrected chi connectivity index (χ4v) is 6.82. The maximum Gasteiger partial charge on any atom is 0.306 e. The van der Waals surface area contributed by atoms with Crippen molar-refractivity contribution in [2.45, 2.75) is 225 Å². The number of allylic oxidation sites excluding steroid dienone is 2. The Kier molecular flexibility index (Phi) is 36.6. The van der Waals surface area contributed by atoms with Crippen molar-refractivity contribution in [3.05, 3.63) is 12.2 Å². The van der Waals surface area contributed by atoms with Gasteiger partial charge in [0.05, 0.1) is 40.3 Å². The third kappa shape index (κ3) is 35.8. The average Bonchev–Trinajstić information content (AvgIpc) is 3.12. The highest BCUT2D eigenvalue weighted by Crippen LogP contribution is 2.16. The van der Waals surface area contributed by atoms with Gasteiger partial charge in [0.2, 0.25) is 0 Å². The molecule has 0 fully saturated rings. The van der Waals surface area contributed by atoms with Crippen molar-refractivity contribution in [2.75, 3.05) is 41.0 Å². The van der Waals surface area contributed by atoms with E-state index >= 15 is 0 Å². The molecule has 0 saturated carbocycles. The summed E-state index contributed by atoms with van der Waals surface area (Å²) in [4.78, 5) is 36.8. The van der Waals surface area contributed by atoms with Crippen molar-refractivity contribution in [3.63, 3.8) is 0 Å². The highest BCUT2D eigenvalue weighted by atomic mass is 16.6. The van der Waals surface area contributed by atoms with E-state index in [0.29, 0.717) is 12.8 Å². The number of carbonyl (C=O) groups is 3. The van der Waals surface area contributed by atoms with Crippen LogP contribution < -0.4 is 5.11 Å². The molecule has 0 heterocycles. The van der Waals surface area contributed by atoms with E-state index in [-0.39, 0.29) is 42.7 Å². The molecular weight excluding hydrogens is 679 g/mol. The number of ether oxygens (including phenoxy) is 3. The predicted molar refractivity (Wildman–Crippen MR) is 222 cm³/mol. The zero-order valence-electron chi connectivity index (χ0n) is 36.2. The number of hydrogen-bond donors (Lipinski definition) is 0. The summed E-state index contributed by atoms with van der Waals surface area (Å²) in [5.74, 6) is -1.73. The number of esters is 2. The molecule has 0 N–H and O–H groups in total. The van der Waals surface area contributed by atoms with Crippen LogP contribution in [0, 0.1) is 0 Å². The second kappa shape index (κ2) is 38.0. The lowest BCUT2D eigenvalue weighted by Gasteiger charge is -2.34. The van der Waals surface area contributed by atoms with Gasteiger partial charge < -0.3 is 28.6 Å². The van der Waals surface area contributed by atoms with Crippen LogP contribution in [0.1, 0.15) is 213 Å². The number of rotatable bonds is 41. The van der Waals surface area contributed by atoms with Crippen LogP contribution in [-0.4, -0.2) is 75.5 Å². The van der Waals surface area contributed by atoms with Crippen molar-refractivity contribution < 1.29 is 38.2 Å². The standard InChI is InChI=1S/C46H87NO7/c1-6-8-10-12-14-16-18-19-20-21-22-23-24-25-27-28-30-32-34-36-44(48)53-41-42(40-52-39-38-43(46(50)51)47(3,4)5)54-45(49)37-35-33-31-29-26-17-15-13-11-9-7-2/h13,15,42-43H,6-12,14,16-41H2,1-5H3/b15-13+. The summed E-state index contributed by atoms with van der Waals surface area (Å²) in [5.41, 5.74) is 0. The largest absolute Gasteiger partial charge is 0.544 e. The van der Waals surface area contributed by atoms with Gasteiger partial charge in [-0.05, 0) is 32.1 Å². The number of carboxylic acid groups (broad SMARTS) is 1. The summed E-state index contributed by atoms with van der Waals surface area (Å²) in [5, 5.41) is 11.6. The summed E-state index contributed by atoms with van der Waals surface area (Å²) in [7, 11) is 5.41. The minimum atomic E-state index is -1.12. The van der Waals surface area contributed by atoms with Crippen LogP contribution in [-0.2, 0) is 28.6 Å². The van der Waals surface area contributed by atoms with Gasteiger partial charge in [0.1, 0.15) is 12.6 Å². The van der Waals surface area contributed by atoms with Crippen molar-refractivity contribution in [3.8, 4) is 0 Å². The van der Waals surface area contributed by atoms with E-state index in [1.165, 1.54) is 128 Å². The molecule has 0 spiro atoms. The van der Waals surface area contributed by atoms with E-state index in [4.69, 9.17) is 14.2 Å². The molecule has 2 unspecified atom stereocenters. The molecule has 0 amide bonds. The van der Waals surface area contributed by atoms with E-state index in [2.05, 4.69) is 26.0 Å². The third-order valence-electron chi connectivity index (χ3n) is 10.4. The highest BCUT2D eigenvalue weighted by Gasteiger charge is 2.25. The maximum atomic E-state index is 12.7. The predicted octanol–water partition coefficient (Wildman–Crippen LogP) is 11.0. The van der Waals surface area contributed by atoms with Crippen LogP contribution in [0.15, 0.2) is 12.2 Å². The Morgan fingerprint density at radius 1 is 0.537 bits per heavy atom. The molecule has 318 valence electrons. The summed E-state index contributed by atoms with van der Waals surface area (Å²) in [6.45, 7) is 4.64. The second-order valence-corrected chi connectivity index (χ2v) is 16.6. The molecule has 0 aromatic carbocycles. The molecule has 0 radical (unpaired) electrons. The zero-order valence-corrected chi connectivity index (χ0v) is 36.2. The number of aliphatic carboxylic acids is 1. The lowest BCUT2D eigenvalue weighted by Crippen LogP contribution is -2.55. The molecule has 54 heavy (non-hydrogen) atoms. The Morgan fingerprint density at radius 3 is 1.39 bits per heavy atom. The molecule has 0 aliphatic rings. The van der Waals surface area contributed by atoms with Gasteiger partial charge >= 0.3 is 11.9 Å². The van der Waals surface area contributed by atoms with Crippen LogP contribution in [0.5, 0.6) is 0 Å². The van der Waals surface area contributed by atoms with Crippen molar-refractivity contribution >= 4 is 17.9 Å². The normalized spacial score (nSPS) is 13.0. The molecule has 0 saturated heterocycles. The number of nitrogens with zero attached hydrogens (tertiary/aromatic N) is 1. The van der Waals surface area contributed by atoms with Crippen LogP contribution in [0.3, 0.4) is 0 Å². The lowest BCUT2D eigenvalue weighted by molar-refractivity contribution is -0.889. The summed E-state index contributed by atoms with van der Waals surface area (Å²) in [6, 6.07) is -0.722. The summed E-state index contributed by atoms with van der Waals surface area (Å²) >= 11 is 0. The average molecular weight is 766 g/mol. The fourth-order valence-electron chi connectivity index (χ4n) is 6.82. The van der Waals surface area contributed by atoms with Crippen molar-refractivity contribution in [1.29, 1.82) is 0 Å². The Labute approximate surface area is 333 Å². The van der Waals surface area contributed by atoms with Gasteiger partial charge in [-0.15, -0.1) is 0 Å². The molecule has 0 bridgehead atoms. The number of carboxylic acids is 1. The Balaban J connectivity index is 4.22. The molecule has 0 rings (SSSR count). The number of unbranched alkanes of at least 4 members (excludes halogenated alkanes) is 25. The maximum absolute atomic E-state index is 12.7. The summed E-state index contributed by atoms with van der Waals surface area (Å²) < 4.78 is 17.2. The Hall–Kier alpha value is -1.93. The van der Waals surface area contributed by atoms with Crippen LogP contribution in [0.4, 0.5) is 0 Å². The molecule has 8 nitrogen and oxygen atoms in total. The van der Waals surface area contributed by atoms with E-state index in [0.717, 1.165) is 51.4 Å². The van der Waals surface area contributed by atoms with Gasteiger partial charge in [-0.25, -0.2) is 0 Å². The first kappa shape index (κ1) is 52.1. The number of quaternary nitrogens is 1. The van der Waals surface area contributed by atoms with Crippen LogP contribution >= 0.6 is 0 Å². The third-order valence-corrected chi connectivity index (χ3v) is 10.4. The van der Waals surface area contributed by atoms with E-state index < -0.39 is 18.1 Å². The first-order valence-corrected chi connectivity index (χ1v) is 22.7. The van der Waals surface area contributed by atoms with Gasteiger partial charge in [0.25, 0.3) is 0 Å². The van der Waals surface area contributed by atoms with Gasteiger partial charge in [-0.3, -0.25) is 9.59 Å². The van der Waals surface area contributed by atoms with Gasteiger partial charge in [-0.1, -0.05) is 174 Å². The molecule has 0 aromatic heterocycles. The van der Waals surface area contributed by atoms with E-state index in [9.17, 15) is 19.5 Å². The number of carbonyl (C=O) groups excluding carboxylic acids is 3. The SMILES string of the molecule is CCCC/C=C/CCCCCCCC(=O)OC(COCCC(C(=O)[O-])[N+](C)(C)C)COC(=O)CCCCCCCCCCCCCCCCCCCCC. The minimum absolute atomic E-state index is 0.0426. The van der Waals surface area contributed by atoms with E-state index in [1.807, 2.05) is 0 Å². The molecule has 0 aromatic rings. The Bertz CT molecular complexity index is 900. The van der Waals surface area contributed by atoms with Crippen LogP contribution in [0.25, 0.3) is 0 Å². The molecule has 0 aliphatic heterocycles. The monoisotopic (exact) mass is 766 g/mol. The first-order chi connectivity index (χ1) is 26.1. The number of likely N-dealkylation sites (N-methyl/N-ethyl adjacent to an activating group) is 1. The second-order valence-electron chi connectivity index (χ2n) is 16.6. The summed E-state index contributed by atoms with van der Waals surface area (Å²) in [6.07, 6.45) is 39.5. The van der Waals surface area contributed by atoms with Crippen LogP contribution in [0.2, 0.25) is 0 Å². The smallest absolute Gasteiger partial charge is 0.306 e. The molecule has 0 aliphatic carbocycles. The zero-order chi connectivity index (χ0) is 40.0. The molecule has 8 heteroatoms. The lowest BCUT2D eigenvalue weighted by atomic mass is 10.0. The van der Waals surface area contributed by atoms with Gasteiger partial charge in [-0.2, -0.15) is 0 Å². The molecule has 2 atom stereocenters. The van der Waals surface area contributed by atoms with E-state index in [1.54, 1.807) is 21.1 Å². The van der Waals surface area contributed by atoms with Crippen molar-refractivity contribution in [2.24, 2.45) is 0 Å². The first-order valence-electron chi connectivity index (χ1n) is 22.7. The van der Waals surface area contributed by atoms with Crippen molar-refractivity contribution in [1.82, 2.24) is 0 Å². The molecular formula is C46H87NO7. The fraction of sp³-hybridized carbons (Fsp3) is 0.891. The number of hydrogen-bond acceptors (Lipinski definition) is 7. The highest BCUT2D eigenvalue weighted by molar-refractivity contribution is 5.70. The van der Waals surface area contributed by atoms with Gasteiger partial charge in [0.15, 0.2) is 6.10 Å².